The Morgan fingerprint density at radius 3 is 2.76 bits per heavy atom. The van der Waals surface area contributed by atoms with Gasteiger partial charge in [0.05, 0.1) is 4.34 Å². The number of carbonyl (C=O) groups excluding carboxylic acids is 1. The number of thiophene rings is 1. The third-order valence-electron chi connectivity index (χ3n) is 2.19. The zero-order chi connectivity index (χ0) is 12.4. The van der Waals surface area contributed by atoms with Gasteiger partial charge in [0.25, 0.3) is 0 Å². The summed E-state index contributed by atoms with van der Waals surface area (Å²) in [6.45, 7) is 0. The van der Waals surface area contributed by atoms with E-state index < -0.39 is 5.82 Å². The first kappa shape index (κ1) is 12.7. The first-order valence-electron chi connectivity index (χ1n) is 4.79. The van der Waals surface area contributed by atoms with Crippen LogP contribution in [0.2, 0.25) is 4.34 Å². The van der Waals surface area contributed by atoms with Crippen LogP contribution in [0.5, 0.6) is 0 Å². The molecule has 0 atom stereocenters. The summed E-state index contributed by atoms with van der Waals surface area (Å²) < 4.78 is 14.3. The highest BCUT2D eigenvalue weighted by molar-refractivity contribution is 9.10. The van der Waals surface area contributed by atoms with Gasteiger partial charge in [0.2, 0.25) is 0 Å². The number of benzene rings is 1. The van der Waals surface area contributed by atoms with Gasteiger partial charge in [-0.2, -0.15) is 0 Å². The quantitative estimate of drug-likeness (QED) is 0.742. The Labute approximate surface area is 115 Å². The van der Waals surface area contributed by atoms with Gasteiger partial charge in [-0.3, -0.25) is 4.79 Å². The maximum atomic E-state index is 13.1. The van der Waals surface area contributed by atoms with Crippen molar-refractivity contribution in [3.8, 4) is 0 Å². The first-order valence-corrected chi connectivity index (χ1v) is 6.77. The number of rotatable bonds is 3. The minimum absolute atomic E-state index is 0.130. The third-order valence-corrected chi connectivity index (χ3v) is 4.12. The van der Waals surface area contributed by atoms with Crippen molar-refractivity contribution in [1.29, 1.82) is 0 Å². The summed E-state index contributed by atoms with van der Waals surface area (Å²) in [5.41, 5.74) is 0.356. The van der Waals surface area contributed by atoms with Crippen LogP contribution in [0.25, 0.3) is 0 Å². The first-order chi connectivity index (χ1) is 8.06. The molecule has 0 aliphatic rings. The van der Waals surface area contributed by atoms with Crippen molar-refractivity contribution < 1.29 is 9.18 Å². The van der Waals surface area contributed by atoms with Gasteiger partial charge < -0.3 is 0 Å². The molecule has 0 unspecified atom stereocenters. The summed E-state index contributed by atoms with van der Waals surface area (Å²) in [6.07, 6.45) is 0.236. The van der Waals surface area contributed by atoms with E-state index in [0.29, 0.717) is 14.4 Å². The minimum atomic E-state index is -0.416. The highest BCUT2D eigenvalue weighted by atomic mass is 79.9. The molecule has 0 saturated heterocycles. The number of Topliss-reactive ketones (excluding diaryl/α,β-unsaturated/α-hetero) is 1. The molecule has 0 fully saturated rings. The minimum Gasteiger partial charge on any atom is -0.294 e. The summed E-state index contributed by atoms with van der Waals surface area (Å²) in [5.74, 6) is -0.546. The van der Waals surface area contributed by atoms with Gasteiger partial charge in [0, 0.05) is 21.3 Å². The number of ketones is 1. The average Bonchev–Trinajstić information content (AvgIpc) is 2.67. The number of halogens is 3. The Hall–Kier alpha value is -0.710. The fourth-order valence-corrected chi connectivity index (χ4v) is 2.97. The standard InChI is InChI=1S/C12H7BrClFOS/c13-10-3-1-7(15)5-9(10)11(16)6-8-2-4-12(14)17-8/h1-5H,6H2. The van der Waals surface area contributed by atoms with Crippen LogP contribution in [-0.2, 0) is 6.42 Å². The molecule has 0 N–H and O–H groups in total. The van der Waals surface area contributed by atoms with E-state index in [1.807, 2.05) is 0 Å². The van der Waals surface area contributed by atoms with Gasteiger partial charge in [-0.15, -0.1) is 11.3 Å². The Balaban J connectivity index is 2.22. The lowest BCUT2D eigenvalue weighted by Gasteiger charge is -2.02. The van der Waals surface area contributed by atoms with Crippen LogP contribution in [0.3, 0.4) is 0 Å². The number of hydrogen-bond donors (Lipinski definition) is 0. The molecule has 1 nitrogen and oxygen atoms in total. The van der Waals surface area contributed by atoms with Crippen molar-refractivity contribution in [1.82, 2.24) is 0 Å². The molecule has 0 spiro atoms. The topological polar surface area (TPSA) is 17.1 Å². The van der Waals surface area contributed by atoms with Crippen LogP contribution < -0.4 is 0 Å². The monoisotopic (exact) mass is 332 g/mol. The van der Waals surface area contributed by atoms with Gasteiger partial charge in [-0.1, -0.05) is 27.5 Å². The van der Waals surface area contributed by atoms with Crippen LogP contribution in [-0.4, -0.2) is 5.78 Å². The maximum absolute atomic E-state index is 13.1. The summed E-state index contributed by atoms with van der Waals surface area (Å²) >= 11 is 10.4. The van der Waals surface area contributed by atoms with Crippen LogP contribution in [0.1, 0.15) is 15.2 Å². The van der Waals surface area contributed by atoms with Crippen molar-refractivity contribution in [2.45, 2.75) is 6.42 Å². The van der Waals surface area contributed by atoms with Crippen molar-refractivity contribution in [2.24, 2.45) is 0 Å². The average molecular weight is 334 g/mol. The van der Waals surface area contributed by atoms with Crippen molar-refractivity contribution in [2.75, 3.05) is 0 Å². The molecule has 0 amide bonds. The fourth-order valence-electron chi connectivity index (χ4n) is 1.41. The van der Waals surface area contributed by atoms with Crippen molar-refractivity contribution in [3.63, 3.8) is 0 Å². The predicted molar refractivity (Wildman–Crippen MR) is 71.5 cm³/mol. The Kier molecular flexibility index (Phi) is 3.97. The lowest BCUT2D eigenvalue weighted by molar-refractivity contribution is 0.0992. The molecule has 1 heterocycles. The smallest absolute Gasteiger partial charge is 0.169 e. The van der Waals surface area contributed by atoms with E-state index in [9.17, 15) is 9.18 Å². The molecule has 2 aromatic rings. The molecule has 5 heteroatoms. The summed E-state index contributed by atoms with van der Waals surface area (Å²) in [6, 6.07) is 7.63. The molecule has 0 aliphatic carbocycles. The van der Waals surface area contributed by atoms with E-state index >= 15 is 0 Å². The fraction of sp³-hybridized carbons (Fsp3) is 0.0833. The van der Waals surface area contributed by atoms with Gasteiger partial charge >= 0.3 is 0 Å². The zero-order valence-electron chi connectivity index (χ0n) is 8.54. The molecule has 88 valence electrons. The normalized spacial score (nSPS) is 10.5. The zero-order valence-corrected chi connectivity index (χ0v) is 11.7. The molecule has 1 aromatic heterocycles. The highest BCUT2D eigenvalue weighted by Crippen LogP contribution is 2.25. The molecule has 17 heavy (non-hydrogen) atoms. The molecular weight excluding hydrogens is 327 g/mol. The largest absolute Gasteiger partial charge is 0.294 e. The molecule has 0 bridgehead atoms. The number of carbonyl (C=O) groups is 1. The second kappa shape index (κ2) is 5.29. The van der Waals surface area contributed by atoms with E-state index in [0.717, 1.165) is 4.88 Å². The van der Waals surface area contributed by atoms with Crippen molar-refractivity contribution >= 4 is 44.7 Å². The second-order valence-electron chi connectivity index (χ2n) is 3.43. The highest BCUT2D eigenvalue weighted by Gasteiger charge is 2.13. The Morgan fingerprint density at radius 1 is 1.35 bits per heavy atom. The molecule has 2 rings (SSSR count). The molecule has 0 aliphatic heterocycles. The SMILES string of the molecule is O=C(Cc1ccc(Cl)s1)c1cc(F)ccc1Br. The third kappa shape index (κ3) is 3.15. The van der Waals surface area contributed by atoms with E-state index in [1.54, 1.807) is 12.1 Å². The van der Waals surface area contributed by atoms with E-state index in [4.69, 9.17) is 11.6 Å². The van der Waals surface area contributed by atoms with Crippen LogP contribution in [0.15, 0.2) is 34.8 Å². The van der Waals surface area contributed by atoms with Crippen LogP contribution in [0.4, 0.5) is 4.39 Å². The van der Waals surface area contributed by atoms with Gasteiger partial charge in [0.15, 0.2) is 5.78 Å². The Bertz CT molecular complexity index is 567. The van der Waals surface area contributed by atoms with E-state index in [2.05, 4.69) is 15.9 Å². The number of hydrogen-bond acceptors (Lipinski definition) is 2. The molecule has 0 radical (unpaired) electrons. The van der Waals surface area contributed by atoms with Crippen molar-refractivity contribution in [3.05, 3.63) is 55.4 Å². The van der Waals surface area contributed by atoms with Crippen LogP contribution >= 0.6 is 38.9 Å². The summed E-state index contributed by atoms with van der Waals surface area (Å²) in [5, 5.41) is 0. The van der Waals surface area contributed by atoms with Gasteiger partial charge in [-0.05, 0) is 30.3 Å². The maximum Gasteiger partial charge on any atom is 0.169 e. The van der Waals surface area contributed by atoms with Gasteiger partial charge in [-0.25, -0.2) is 4.39 Å². The molecule has 0 saturated carbocycles. The molecular formula is C12H7BrClFOS. The summed E-state index contributed by atoms with van der Waals surface area (Å²) in [4.78, 5) is 12.8. The lowest BCUT2D eigenvalue weighted by Crippen LogP contribution is -2.03. The lowest BCUT2D eigenvalue weighted by atomic mass is 10.1. The molecule has 1 aromatic carbocycles. The van der Waals surface area contributed by atoms with Gasteiger partial charge in [0.1, 0.15) is 5.82 Å². The second-order valence-corrected chi connectivity index (χ2v) is 6.08. The predicted octanol–water partition coefficient (Wildman–Crippen LogP) is 4.73. The van der Waals surface area contributed by atoms with E-state index in [-0.39, 0.29) is 12.2 Å². The van der Waals surface area contributed by atoms with Crippen LogP contribution in [0, 0.1) is 5.82 Å². The summed E-state index contributed by atoms with van der Waals surface area (Å²) in [7, 11) is 0. The van der Waals surface area contributed by atoms with E-state index in [1.165, 1.54) is 29.5 Å². The Morgan fingerprint density at radius 2 is 2.12 bits per heavy atom.